The van der Waals surface area contributed by atoms with E-state index in [4.69, 9.17) is 32.7 Å². The van der Waals surface area contributed by atoms with Crippen molar-refractivity contribution in [2.45, 2.75) is 6.92 Å². The summed E-state index contributed by atoms with van der Waals surface area (Å²) in [4.78, 5) is 15.8. The van der Waals surface area contributed by atoms with Crippen molar-refractivity contribution < 1.29 is 19.0 Å². The van der Waals surface area contributed by atoms with Gasteiger partial charge in [-0.25, -0.2) is 9.79 Å². The first-order chi connectivity index (χ1) is 9.06. The van der Waals surface area contributed by atoms with Gasteiger partial charge in [0.25, 0.3) is 0 Å². The molecule has 0 radical (unpaired) electrons. The predicted molar refractivity (Wildman–Crippen MR) is 74.1 cm³/mol. The second-order valence-corrected chi connectivity index (χ2v) is 4.09. The van der Waals surface area contributed by atoms with Crippen LogP contribution in [0.15, 0.2) is 11.1 Å². The lowest BCUT2D eigenvalue weighted by atomic mass is 10.1. The number of carbonyl (C=O) groups excluding carboxylic acids is 1. The van der Waals surface area contributed by atoms with Crippen LogP contribution in [0.25, 0.3) is 0 Å². The molecular formula is C12H13Cl2NO4. The Morgan fingerprint density at radius 1 is 1.37 bits per heavy atom. The summed E-state index contributed by atoms with van der Waals surface area (Å²) in [7, 11) is 2.66. The molecule has 1 rings (SSSR count). The summed E-state index contributed by atoms with van der Waals surface area (Å²) < 4.78 is 14.8. The Kier molecular flexibility index (Phi) is 5.92. The number of methoxy groups -OCH3 is 2. The minimum Gasteiger partial charge on any atom is -0.493 e. The molecule has 0 aromatic heterocycles. The lowest BCUT2D eigenvalue weighted by Gasteiger charge is -2.12. The Hall–Kier alpha value is -1.46. The van der Waals surface area contributed by atoms with E-state index in [1.165, 1.54) is 26.7 Å². The number of carbonyl (C=O) groups is 1. The van der Waals surface area contributed by atoms with Crippen LogP contribution in [-0.2, 0) is 9.47 Å². The van der Waals surface area contributed by atoms with Crippen molar-refractivity contribution >= 4 is 41.3 Å². The van der Waals surface area contributed by atoms with Gasteiger partial charge < -0.3 is 14.2 Å². The highest BCUT2D eigenvalue weighted by Gasteiger charge is 2.23. The van der Waals surface area contributed by atoms with E-state index in [1.807, 2.05) is 0 Å². The van der Waals surface area contributed by atoms with Crippen LogP contribution in [0.5, 0.6) is 5.75 Å². The third-order valence-electron chi connectivity index (χ3n) is 2.18. The van der Waals surface area contributed by atoms with Crippen LogP contribution in [0.4, 0.5) is 5.69 Å². The zero-order valence-corrected chi connectivity index (χ0v) is 12.2. The Morgan fingerprint density at radius 2 is 2.05 bits per heavy atom. The number of aliphatic imine (C=N–C) groups is 1. The maximum absolute atomic E-state index is 11.7. The van der Waals surface area contributed by atoms with Gasteiger partial charge in [0.2, 0.25) is 0 Å². The predicted octanol–water partition coefficient (Wildman–Crippen LogP) is 3.48. The lowest BCUT2D eigenvalue weighted by Crippen LogP contribution is -2.04. The van der Waals surface area contributed by atoms with Crippen molar-refractivity contribution in [3.8, 4) is 5.75 Å². The third kappa shape index (κ3) is 3.52. The van der Waals surface area contributed by atoms with Gasteiger partial charge in [0.15, 0.2) is 12.2 Å². The van der Waals surface area contributed by atoms with Gasteiger partial charge in [-0.05, 0) is 13.0 Å². The molecule has 5 nitrogen and oxygen atoms in total. The van der Waals surface area contributed by atoms with Crippen LogP contribution in [0, 0.1) is 0 Å². The number of rotatable bonds is 5. The van der Waals surface area contributed by atoms with Crippen molar-refractivity contribution in [2.75, 3.05) is 20.8 Å². The fourth-order valence-electron chi connectivity index (χ4n) is 1.37. The average Bonchev–Trinajstić information content (AvgIpc) is 2.38. The molecule has 1 aromatic carbocycles. The molecule has 0 bridgehead atoms. The highest BCUT2D eigenvalue weighted by Crippen LogP contribution is 2.42. The number of hydrogen-bond acceptors (Lipinski definition) is 5. The Labute approximate surface area is 121 Å². The highest BCUT2D eigenvalue weighted by molar-refractivity contribution is 6.38. The van der Waals surface area contributed by atoms with Crippen molar-refractivity contribution in [1.82, 2.24) is 0 Å². The van der Waals surface area contributed by atoms with Crippen LogP contribution < -0.4 is 4.74 Å². The second kappa shape index (κ2) is 7.21. The van der Waals surface area contributed by atoms with Crippen molar-refractivity contribution in [2.24, 2.45) is 4.99 Å². The summed E-state index contributed by atoms with van der Waals surface area (Å²) >= 11 is 12.0. The van der Waals surface area contributed by atoms with Crippen LogP contribution in [0.1, 0.15) is 17.3 Å². The maximum Gasteiger partial charge on any atom is 0.341 e. The van der Waals surface area contributed by atoms with E-state index in [1.54, 1.807) is 6.92 Å². The number of benzene rings is 1. The van der Waals surface area contributed by atoms with Gasteiger partial charge in [0.1, 0.15) is 11.3 Å². The van der Waals surface area contributed by atoms with Gasteiger partial charge in [-0.3, -0.25) is 0 Å². The summed E-state index contributed by atoms with van der Waals surface area (Å²) in [5.74, 6) is -0.411. The van der Waals surface area contributed by atoms with E-state index < -0.39 is 5.97 Å². The Morgan fingerprint density at radius 3 is 2.58 bits per heavy atom. The molecule has 0 aliphatic heterocycles. The number of hydrogen-bond donors (Lipinski definition) is 0. The zero-order valence-electron chi connectivity index (χ0n) is 10.7. The number of nitrogens with zero attached hydrogens (tertiary/aromatic N) is 1. The second-order valence-electron chi connectivity index (χ2n) is 3.28. The van der Waals surface area contributed by atoms with E-state index in [0.29, 0.717) is 6.61 Å². The first kappa shape index (κ1) is 15.6. The molecule has 0 fully saturated rings. The number of ether oxygens (including phenoxy) is 3. The lowest BCUT2D eigenvalue weighted by molar-refractivity contribution is 0.0601. The molecule has 104 valence electrons. The SMILES string of the molecule is CCO/C=N/c1c(OC)c(Cl)cc(Cl)c1C(=O)OC. The molecular weight excluding hydrogens is 293 g/mol. The van der Waals surface area contributed by atoms with E-state index in [-0.39, 0.29) is 27.0 Å². The van der Waals surface area contributed by atoms with Crippen LogP contribution >= 0.6 is 23.2 Å². The van der Waals surface area contributed by atoms with Crippen molar-refractivity contribution in [1.29, 1.82) is 0 Å². The van der Waals surface area contributed by atoms with Crippen molar-refractivity contribution in [3.63, 3.8) is 0 Å². The Bertz CT molecular complexity index is 503. The van der Waals surface area contributed by atoms with Crippen molar-refractivity contribution in [3.05, 3.63) is 21.7 Å². The topological polar surface area (TPSA) is 57.1 Å². The number of halogens is 2. The van der Waals surface area contributed by atoms with E-state index in [9.17, 15) is 4.79 Å². The summed E-state index contributed by atoms with van der Waals surface area (Å²) in [6.07, 6.45) is 1.19. The maximum atomic E-state index is 11.7. The van der Waals surface area contributed by atoms with Crippen LogP contribution in [0.2, 0.25) is 10.0 Å². The molecule has 0 heterocycles. The molecule has 0 aliphatic carbocycles. The standard InChI is InChI=1S/C12H13Cl2NO4/c1-4-19-6-15-10-9(12(16)18-3)7(13)5-8(14)11(10)17-2/h5-6H,4H2,1-3H3/b15-6+. The smallest absolute Gasteiger partial charge is 0.341 e. The zero-order chi connectivity index (χ0) is 14.4. The number of esters is 1. The summed E-state index contributed by atoms with van der Waals surface area (Å²) in [5, 5.41) is 0.366. The fraction of sp³-hybridized carbons (Fsp3) is 0.333. The van der Waals surface area contributed by atoms with Gasteiger partial charge in [-0.1, -0.05) is 23.2 Å². The molecule has 1 aromatic rings. The average molecular weight is 306 g/mol. The van der Waals surface area contributed by atoms with E-state index in [2.05, 4.69) is 9.73 Å². The summed E-state index contributed by atoms with van der Waals surface area (Å²) in [5.41, 5.74) is 0.238. The van der Waals surface area contributed by atoms with Crippen LogP contribution in [0.3, 0.4) is 0 Å². The molecule has 0 aliphatic rings. The first-order valence-corrected chi connectivity index (χ1v) is 6.10. The molecule has 0 unspecified atom stereocenters. The first-order valence-electron chi connectivity index (χ1n) is 5.35. The van der Waals surface area contributed by atoms with Crippen LogP contribution in [-0.4, -0.2) is 33.2 Å². The van der Waals surface area contributed by atoms with Gasteiger partial charge in [-0.2, -0.15) is 0 Å². The van der Waals surface area contributed by atoms with Gasteiger partial charge >= 0.3 is 5.97 Å². The van der Waals surface area contributed by atoms with E-state index >= 15 is 0 Å². The quantitative estimate of drug-likeness (QED) is 0.475. The molecule has 0 amide bonds. The molecule has 0 saturated carbocycles. The van der Waals surface area contributed by atoms with Gasteiger partial charge in [0, 0.05) is 0 Å². The Balaban J connectivity index is 3.46. The molecule has 19 heavy (non-hydrogen) atoms. The van der Waals surface area contributed by atoms with Gasteiger partial charge in [-0.15, -0.1) is 0 Å². The highest BCUT2D eigenvalue weighted by atomic mass is 35.5. The molecule has 0 spiro atoms. The summed E-state index contributed by atoms with van der Waals surface area (Å²) in [6, 6.07) is 1.40. The molecule has 0 N–H and O–H groups in total. The minimum atomic E-state index is -0.636. The largest absolute Gasteiger partial charge is 0.493 e. The molecule has 0 atom stereocenters. The van der Waals surface area contributed by atoms with E-state index in [0.717, 1.165) is 0 Å². The molecule has 0 saturated heterocycles. The van der Waals surface area contributed by atoms with Gasteiger partial charge in [0.05, 0.1) is 30.9 Å². The summed E-state index contributed by atoms with van der Waals surface area (Å²) in [6.45, 7) is 2.24. The monoisotopic (exact) mass is 305 g/mol. The minimum absolute atomic E-state index is 0.0707. The normalized spacial score (nSPS) is 10.6. The molecule has 7 heteroatoms. The fourth-order valence-corrected chi connectivity index (χ4v) is 1.97. The third-order valence-corrected chi connectivity index (χ3v) is 2.76.